The zero-order chi connectivity index (χ0) is 14.4. The Morgan fingerprint density at radius 2 is 2.00 bits per heavy atom. The average Bonchev–Trinajstić information content (AvgIpc) is 2.79. The number of halogens is 5. The minimum absolute atomic E-state index is 0.291. The highest BCUT2D eigenvalue weighted by Crippen LogP contribution is 2.65. The molecule has 19 heavy (non-hydrogen) atoms. The monoisotopic (exact) mass is 314 g/mol. The summed E-state index contributed by atoms with van der Waals surface area (Å²) < 4.78 is 38.5. The second kappa shape index (κ2) is 4.45. The van der Waals surface area contributed by atoms with Crippen LogP contribution in [0.2, 0.25) is 0 Å². The fraction of sp³-hybridized carbons (Fsp3) is 0.364. The standard InChI is InChI=1S/C11H7Cl2F3O3/c12-10(13)7(8(10)9(17)18)5-2-1-3-6(4-5)19-11(14,15)16/h1-4,7-8H,(H,17,18)/t7-,8+/m0/s1. The molecule has 1 aromatic carbocycles. The van der Waals surface area contributed by atoms with E-state index in [9.17, 15) is 18.0 Å². The predicted molar refractivity (Wildman–Crippen MR) is 61.4 cm³/mol. The molecule has 0 radical (unpaired) electrons. The number of benzene rings is 1. The lowest BCUT2D eigenvalue weighted by atomic mass is 10.1. The number of carboxylic acid groups (broad SMARTS) is 1. The molecule has 0 amide bonds. The van der Waals surface area contributed by atoms with Crippen molar-refractivity contribution in [3.8, 4) is 5.75 Å². The molecule has 0 bridgehead atoms. The smallest absolute Gasteiger partial charge is 0.481 e. The van der Waals surface area contributed by atoms with Gasteiger partial charge in [0, 0.05) is 5.92 Å². The molecule has 3 nitrogen and oxygen atoms in total. The van der Waals surface area contributed by atoms with Crippen molar-refractivity contribution in [2.45, 2.75) is 16.6 Å². The second-order valence-electron chi connectivity index (χ2n) is 4.09. The Labute approximate surface area is 115 Å². The van der Waals surface area contributed by atoms with Crippen molar-refractivity contribution >= 4 is 29.2 Å². The van der Waals surface area contributed by atoms with Crippen LogP contribution in [0, 0.1) is 5.92 Å². The molecule has 0 heterocycles. The third-order valence-electron chi connectivity index (χ3n) is 2.77. The fourth-order valence-electron chi connectivity index (χ4n) is 1.95. The summed E-state index contributed by atoms with van der Waals surface area (Å²) in [5, 5.41) is 8.90. The maximum atomic E-state index is 12.1. The Morgan fingerprint density at radius 1 is 1.37 bits per heavy atom. The Bertz CT molecular complexity index is 516. The van der Waals surface area contributed by atoms with Gasteiger partial charge >= 0.3 is 12.3 Å². The first-order valence-electron chi connectivity index (χ1n) is 5.09. The number of carboxylic acids is 1. The Hall–Kier alpha value is -1.14. The average molecular weight is 315 g/mol. The van der Waals surface area contributed by atoms with Gasteiger partial charge < -0.3 is 9.84 Å². The SMILES string of the molecule is O=C(O)[C@H]1[C@H](c2cccc(OC(F)(F)F)c2)C1(Cl)Cl. The summed E-state index contributed by atoms with van der Waals surface area (Å²) in [5.74, 6) is -3.44. The first-order valence-corrected chi connectivity index (χ1v) is 5.85. The topological polar surface area (TPSA) is 46.5 Å². The number of hydrogen-bond donors (Lipinski definition) is 1. The van der Waals surface area contributed by atoms with Crippen molar-refractivity contribution in [3.63, 3.8) is 0 Å². The lowest BCUT2D eigenvalue weighted by Gasteiger charge is -2.10. The predicted octanol–water partition coefficient (Wildman–Crippen LogP) is 3.56. The van der Waals surface area contributed by atoms with Gasteiger partial charge in [-0.05, 0) is 17.7 Å². The zero-order valence-electron chi connectivity index (χ0n) is 9.12. The van der Waals surface area contributed by atoms with Crippen LogP contribution in [-0.2, 0) is 4.79 Å². The number of carbonyl (C=O) groups is 1. The first kappa shape index (κ1) is 14.3. The molecule has 0 aliphatic heterocycles. The summed E-state index contributed by atoms with van der Waals surface area (Å²) in [5.41, 5.74) is 0.291. The van der Waals surface area contributed by atoms with E-state index in [1.165, 1.54) is 12.1 Å². The van der Waals surface area contributed by atoms with Gasteiger partial charge in [-0.1, -0.05) is 35.3 Å². The largest absolute Gasteiger partial charge is 0.573 e. The molecule has 2 atom stereocenters. The van der Waals surface area contributed by atoms with Gasteiger partial charge in [-0.2, -0.15) is 0 Å². The van der Waals surface area contributed by atoms with Crippen molar-refractivity contribution in [1.82, 2.24) is 0 Å². The highest BCUT2D eigenvalue weighted by molar-refractivity contribution is 6.53. The summed E-state index contributed by atoms with van der Waals surface area (Å²) in [7, 11) is 0. The molecule has 104 valence electrons. The molecule has 0 saturated heterocycles. The van der Waals surface area contributed by atoms with Crippen LogP contribution in [0.4, 0.5) is 13.2 Å². The lowest BCUT2D eigenvalue weighted by Crippen LogP contribution is -2.17. The van der Waals surface area contributed by atoms with E-state index in [0.717, 1.165) is 12.1 Å². The molecule has 0 unspecified atom stereocenters. The molecule has 0 aromatic heterocycles. The van der Waals surface area contributed by atoms with E-state index in [2.05, 4.69) is 4.74 Å². The lowest BCUT2D eigenvalue weighted by molar-refractivity contribution is -0.274. The number of alkyl halides is 5. The number of ether oxygens (including phenoxy) is 1. The van der Waals surface area contributed by atoms with E-state index in [-0.39, 0.29) is 0 Å². The molecule has 1 aromatic rings. The summed E-state index contributed by atoms with van der Waals surface area (Å²) in [6, 6.07) is 4.97. The van der Waals surface area contributed by atoms with Crippen molar-refractivity contribution < 1.29 is 27.8 Å². The van der Waals surface area contributed by atoms with E-state index in [1.807, 2.05) is 0 Å². The minimum Gasteiger partial charge on any atom is -0.481 e. The van der Waals surface area contributed by atoms with E-state index < -0.39 is 34.3 Å². The molecule has 1 aliphatic carbocycles. The Morgan fingerprint density at radius 3 is 2.47 bits per heavy atom. The highest BCUT2D eigenvalue weighted by Gasteiger charge is 2.68. The molecule has 8 heteroatoms. The van der Waals surface area contributed by atoms with Crippen LogP contribution in [0.3, 0.4) is 0 Å². The third kappa shape index (κ3) is 2.90. The van der Waals surface area contributed by atoms with Crippen LogP contribution in [0.15, 0.2) is 24.3 Å². The van der Waals surface area contributed by atoms with Gasteiger partial charge in [-0.15, -0.1) is 13.2 Å². The molecule has 0 spiro atoms. The summed E-state index contributed by atoms with van der Waals surface area (Å²) >= 11 is 11.6. The first-order chi connectivity index (χ1) is 8.63. The van der Waals surface area contributed by atoms with Gasteiger partial charge in [0.2, 0.25) is 0 Å². The van der Waals surface area contributed by atoms with Crippen molar-refractivity contribution in [1.29, 1.82) is 0 Å². The molecule has 2 rings (SSSR count). The molecule has 1 saturated carbocycles. The van der Waals surface area contributed by atoms with Crippen LogP contribution in [0.5, 0.6) is 5.75 Å². The number of aliphatic carboxylic acids is 1. The molecular weight excluding hydrogens is 308 g/mol. The van der Waals surface area contributed by atoms with E-state index in [1.54, 1.807) is 0 Å². The normalized spacial score (nSPS) is 24.9. The Balaban J connectivity index is 2.24. The van der Waals surface area contributed by atoms with Crippen molar-refractivity contribution in [3.05, 3.63) is 29.8 Å². The molecule has 1 aliphatic rings. The summed E-state index contributed by atoms with van der Waals surface area (Å²) in [4.78, 5) is 10.9. The van der Waals surface area contributed by atoms with E-state index in [4.69, 9.17) is 28.3 Å². The van der Waals surface area contributed by atoms with Crippen LogP contribution in [0.25, 0.3) is 0 Å². The van der Waals surface area contributed by atoms with E-state index in [0.29, 0.717) is 5.56 Å². The van der Waals surface area contributed by atoms with Crippen LogP contribution >= 0.6 is 23.2 Å². The van der Waals surface area contributed by atoms with Gasteiger partial charge in [-0.25, -0.2) is 0 Å². The van der Waals surface area contributed by atoms with E-state index >= 15 is 0 Å². The Kier molecular flexibility index (Phi) is 3.35. The highest BCUT2D eigenvalue weighted by atomic mass is 35.5. The van der Waals surface area contributed by atoms with Crippen molar-refractivity contribution in [2.24, 2.45) is 5.92 Å². The van der Waals surface area contributed by atoms with Crippen LogP contribution in [0.1, 0.15) is 11.5 Å². The van der Waals surface area contributed by atoms with Crippen LogP contribution in [-0.4, -0.2) is 21.8 Å². The van der Waals surface area contributed by atoms with Gasteiger partial charge in [0.05, 0.1) is 5.92 Å². The van der Waals surface area contributed by atoms with Crippen molar-refractivity contribution in [2.75, 3.05) is 0 Å². The second-order valence-corrected chi connectivity index (χ2v) is 5.53. The molecule has 1 N–H and O–H groups in total. The molecular formula is C11H7Cl2F3O3. The van der Waals surface area contributed by atoms with Gasteiger partial charge in [-0.3, -0.25) is 4.79 Å². The fourth-order valence-corrected chi connectivity index (χ4v) is 2.77. The zero-order valence-corrected chi connectivity index (χ0v) is 10.6. The quantitative estimate of drug-likeness (QED) is 0.868. The van der Waals surface area contributed by atoms with Gasteiger partial charge in [0.1, 0.15) is 10.1 Å². The maximum Gasteiger partial charge on any atom is 0.573 e. The number of hydrogen-bond acceptors (Lipinski definition) is 2. The van der Waals surface area contributed by atoms with Gasteiger partial charge in [0.15, 0.2) is 0 Å². The molecule has 1 fully saturated rings. The van der Waals surface area contributed by atoms with Crippen LogP contribution < -0.4 is 4.74 Å². The third-order valence-corrected chi connectivity index (χ3v) is 3.71. The number of rotatable bonds is 3. The summed E-state index contributed by atoms with van der Waals surface area (Å²) in [6.45, 7) is 0. The minimum atomic E-state index is -4.81. The maximum absolute atomic E-state index is 12.1. The summed E-state index contributed by atoms with van der Waals surface area (Å²) in [6.07, 6.45) is -4.81. The van der Waals surface area contributed by atoms with Gasteiger partial charge in [0.25, 0.3) is 0 Å².